The standard InChI is InChI=1S/C24H23ClN4OS2/c1-17(23(30)26-21-12-6-5-11-20(21)25)32-24-28-27-22(16-19-10-7-15-31-19)29(24)14-13-18-8-3-2-4-9-18/h2-12,15,17H,13-14,16H2,1H3,(H,26,30). The van der Waals surface area contributed by atoms with E-state index in [2.05, 4.69) is 43.7 Å². The number of carbonyl (C=O) groups is 1. The first-order valence-electron chi connectivity index (χ1n) is 10.3. The summed E-state index contributed by atoms with van der Waals surface area (Å²) >= 11 is 9.30. The molecule has 2 heterocycles. The molecule has 0 radical (unpaired) electrons. The Kier molecular flexibility index (Phi) is 7.63. The van der Waals surface area contributed by atoms with E-state index in [0.29, 0.717) is 10.7 Å². The number of aryl methyl sites for hydroxylation is 1. The predicted molar refractivity (Wildman–Crippen MR) is 133 cm³/mol. The van der Waals surface area contributed by atoms with Crippen molar-refractivity contribution in [2.75, 3.05) is 5.32 Å². The largest absolute Gasteiger partial charge is 0.324 e. The van der Waals surface area contributed by atoms with Crippen LogP contribution in [0, 0.1) is 0 Å². The summed E-state index contributed by atoms with van der Waals surface area (Å²) in [5.41, 5.74) is 1.86. The zero-order valence-corrected chi connectivity index (χ0v) is 20.0. The van der Waals surface area contributed by atoms with Crippen LogP contribution in [-0.4, -0.2) is 25.9 Å². The number of thiophene rings is 1. The Morgan fingerprint density at radius 1 is 1.09 bits per heavy atom. The average molecular weight is 483 g/mol. The number of amides is 1. The Hall–Kier alpha value is -2.61. The lowest BCUT2D eigenvalue weighted by molar-refractivity contribution is -0.115. The van der Waals surface area contributed by atoms with Gasteiger partial charge in [-0.25, -0.2) is 0 Å². The minimum atomic E-state index is -0.361. The van der Waals surface area contributed by atoms with Crippen molar-refractivity contribution in [3.05, 3.63) is 93.4 Å². The second-order valence-corrected chi connectivity index (χ2v) is 10.0. The van der Waals surface area contributed by atoms with Crippen molar-refractivity contribution in [2.45, 2.75) is 36.7 Å². The van der Waals surface area contributed by atoms with Crippen molar-refractivity contribution in [3.63, 3.8) is 0 Å². The van der Waals surface area contributed by atoms with Gasteiger partial charge in [0.1, 0.15) is 5.82 Å². The van der Waals surface area contributed by atoms with Gasteiger partial charge in [0.15, 0.2) is 5.16 Å². The van der Waals surface area contributed by atoms with E-state index in [1.807, 2.05) is 43.3 Å². The highest BCUT2D eigenvalue weighted by Gasteiger charge is 2.21. The second kappa shape index (κ2) is 10.8. The molecule has 2 aromatic heterocycles. The highest BCUT2D eigenvalue weighted by molar-refractivity contribution is 8.00. The molecule has 0 aliphatic carbocycles. The Bertz CT molecular complexity index is 1160. The summed E-state index contributed by atoms with van der Waals surface area (Å²) in [6.07, 6.45) is 1.59. The van der Waals surface area contributed by atoms with Crippen molar-refractivity contribution in [3.8, 4) is 0 Å². The van der Waals surface area contributed by atoms with E-state index < -0.39 is 0 Å². The molecule has 5 nitrogen and oxygen atoms in total. The quantitative estimate of drug-likeness (QED) is 0.300. The van der Waals surface area contributed by atoms with Crippen LogP contribution in [-0.2, 0) is 24.2 Å². The molecule has 1 N–H and O–H groups in total. The van der Waals surface area contributed by atoms with Crippen LogP contribution in [0.25, 0.3) is 0 Å². The molecule has 0 bridgehead atoms. The molecule has 164 valence electrons. The number of nitrogens with one attached hydrogen (secondary N) is 1. The van der Waals surface area contributed by atoms with Crippen molar-refractivity contribution in [1.29, 1.82) is 0 Å². The summed E-state index contributed by atoms with van der Waals surface area (Å²) in [5, 5.41) is 14.8. The highest BCUT2D eigenvalue weighted by Crippen LogP contribution is 2.27. The summed E-state index contributed by atoms with van der Waals surface area (Å²) in [4.78, 5) is 14.0. The van der Waals surface area contributed by atoms with E-state index in [1.165, 1.54) is 22.2 Å². The first kappa shape index (κ1) is 22.6. The number of nitrogens with zero attached hydrogens (tertiary/aromatic N) is 3. The van der Waals surface area contributed by atoms with Gasteiger partial charge in [0, 0.05) is 17.8 Å². The van der Waals surface area contributed by atoms with Gasteiger partial charge < -0.3 is 9.88 Å². The normalized spacial score (nSPS) is 11.9. The topological polar surface area (TPSA) is 59.8 Å². The van der Waals surface area contributed by atoms with Crippen LogP contribution in [0.4, 0.5) is 5.69 Å². The van der Waals surface area contributed by atoms with Gasteiger partial charge in [-0.05, 0) is 42.5 Å². The molecule has 4 aromatic rings. The number of aromatic nitrogens is 3. The lowest BCUT2D eigenvalue weighted by Gasteiger charge is -2.14. The fourth-order valence-electron chi connectivity index (χ4n) is 3.22. The van der Waals surface area contributed by atoms with Crippen molar-refractivity contribution >= 4 is 46.3 Å². The number of para-hydroxylation sites is 1. The summed E-state index contributed by atoms with van der Waals surface area (Å²) in [6.45, 7) is 2.62. The zero-order chi connectivity index (χ0) is 22.3. The number of halogens is 1. The molecule has 32 heavy (non-hydrogen) atoms. The van der Waals surface area contributed by atoms with Gasteiger partial charge in [-0.1, -0.05) is 71.9 Å². The van der Waals surface area contributed by atoms with Gasteiger partial charge in [0.2, 0.25) is 5.91 Å². The van der Waals surface area contributed by atoms with Crippen LogP contribution in [0.1, 0.15) is 23.2 Å². The monoisotopic (exact) mass is 482 g/mol. The number of rotatable bonds is 9. The van der Waals surface area contributed by atoms with Gasteiger partial charge >= 0.3 is 0 Å². The van der Waals surface area contributed by atoms with E-state index in [4.69, 9.17) is 11.6 Å². The number of benzene rings is 2. The zero-order valence-electron chi connectivity index (χ0n) is 17.6. The molecule has 0 saturated carbocycles. The maximum Gasteiger partial charge on any atom is 0.237 e. The van der Waals surface area contributed by atoms with Crippen molar-refractivity contribution < 1.29 is 4.79 Å². The molecule has 0 saturated heterocycles. The number of carbonyl (C=O) groups excluding carboxylic acids is 1. The summed E-state index contributed by atoms with van der Waals surface area (Å²) < 4.78 is 2.14. The molecular formula is C24H23ClN4OS2. The van der Waals surface area contributed by atoms with Gasteiger partial charge in [0.05, 0.1) is 16.0 Å². The third kappa shape index (κ3) is 5.79. The molecule has 0 aliphatic heterocycles. The minimum absolute atomic E-state index is 0.125. The highest BCUT2D eigenvalue weighted by atomic mass is 35.5. The van der Waals surface area contributed by atoms with E-state index in [0.717, 1.165) is 30.4 Å². The molecule has 8 heteroatoms. The Balaban J connectivity index is 1.50. The molecule has 1 amide bonds. The van der Waals surface area contributed by atoms with Crippen LogP contribution < -0.4 is 5.32 Å². The van der Waals surface area contributed by atoms with E-state index in [-0.39, 0.29) is 11.2 Å². The molecule has 0 aliphatic rings. The maximum absolute atomic E-state index is 12.8. The molecular weight excluding hydrogens is 460 g/mol. The number of thioether (sulfide) groups is 1. The van der Waals surface area contributed by atoms with Gasteiger partial charge in [0.25, 0.3) is 0 Å². The summed E-state index contributed by atoms with van der Waals surface area (Å²) in [7, 11) is 0. The maximum atomic E-state index is 12.8. The number of hydrogen-bond acceptors (Lipinski definition) is 5. The summed E-state index contributed by atoms with van der Waals surface area (Å²) in [6, 6.07) is 21.7. The lowest BCUT2D eigenvalue weighted by atomic mass is 10.1. The Morgan fingerprint density at radius 2 is 1.88 bits per heavy atom. The Labute approximate surface area is 200 Å². The predicted octanol–water partition coefficient (Wildman–Crippen LogP) is 5.95. The SMILES string of the molecule is CC(Sc1nnc(Cc2cccs2)n1CCc1ccccc1)C(=O)Nc1ccccc1Cl. The third-order valence-corrected chi connectivity index (χ3v) is 7.24. The van der Waals surface area contributed by atoms with E-state index in [9.17, 15) is 4.79 Å². The fraction of sp³-hybridized carbons (Fsp3) is 0.208. The second-order valence-electron chi connectivity index (χ2n) is 7.27. The average Bonchev–Trinajstić information content (AvgIpc) is 3.45. The van der Waals surface area contributed by atoms with Gasteiger partial charge in [-0.3, -0.25) is 4.79 Å². The van der Waals surface area contributed by atoms with Crippen LogP contribution in [0.2, 0.25) is 5.02 Å². The number of anilines is 1. The van der Waals surface area contributed by atoms with Crippen LogP contribution in [0.5, 0.6) is 0 Å². The smallest absolute Gasteiger partial charge is 0.237 e. The fourth-order valence-corrected chi connectivity index (χ4v) is 5.00. The molecule has 2 aromatic carbocycles. The molecule has 0 spiro atoms. The Morgan fingerprint density at radius 3 is 2.62 bits per heavy atom. The lowest BCUT2D eigenvalue weighted by Crippen LogP contribution is -2.23. The first-order chi connectivity index (χ1) is 15.6. The minimum Gasteiger partial charge on any atom is -0.324 e. The van der Waals surface area contributed by atoms with Crippen LogP contribution in [0.15, 0.2) is 77.3 Å². The first-order valence-corrected chi connectivity index (χ1v) is 12.4. The van der Waals surface area contributed by atoms with Crippen LogP contribution in [0.3, 0.4) is 0 Å². The van der Waals surface area contributed by atoms with Crippen molar-refractivity contribution in [1.82, 2.24) is 14.8 Å². The van der Waals surface area contributed by atoms with E-state index >= 15 is 0 Å². The van der Waals surface area contributed by atoms with Gasteiger partial charge in [-0.15, -0.1) is 21.5 Å². The molecule has 0 fully saturated rings. The van der Waals surface area contributed by atoms with Gasteiger partial charge in [-0.2, -0.15) is 0 Å². The number of hydrogen-bond donors (Lipinski definition) is 1. The molecule has 4 rings (SSSR count). The third-order valence-electron chi connectivity index (χ3n) is 4.96. The van der Waals surface area contributed by atoms with Crippen LogP contribution >= 0.6 is 34.7 Å². The molecule has 1 unspecified atom stereocenters. The molecule has 1 atom stereocenters. The van der Waals surface area contributed by atoms with E-state index in [1.54, 1.807) is 23.5 Å². The summed E-state index contributed by atoms with van der Waals surface area (Å²) in [5.74, 6) is 0.783. The van der Waals surface area contributed by atoms with Crippen molar-refractivity contribution in [2.24, 2.45) is 0 Å².